The molecule has 0 aliphatic carbocycles. The summed E-state index contributed by atoms with van der Waals surface area (Å²) in [7, 11) is 1.62. The maximum atomic E-state index is 13.0. The van der Waals surface area contributed by atoms with E-state index in [-0.39, 0.29) is 11.9 Å². The van der Waals surface area contributed by atoms with E-state index in [4.69, 9.17) is 4.74 Å². The third-order valence-electron chi connectivity index (χ3n) is 4.44. The van der Waals surface area contributed by atoms with E-state index in [1.54, 1.807) is 18.3 Å². The maximum absolute atomic E-state index is 13.0. The SMILES string of the molecule is COc1ccc(C2(C)N=CN(C(C)c3ccccc3)C2=O)cc1. The Morgan fingerprint density at radius 1 is 1.09 bits per heavy atom. The molecule has 0 aromatic heterocycles. The van der Waals surface area contributed by atoms with Gasteiger partial charge in [-0.3, -0.25) is 14.7 Å². The van der Waals surface area contributed by atoms with Crippen LogP contribution in [0.4, 0.5) is 0 Å². The summed E-state index contributed by atoms with van der Waals surface area (Å²) in [6.07, 6.45) is 1.66. The van der Waals surface area contributed by atoms with Gasteiger partial charge in [-0.05, 0) is 37.1 Å². The number of carbonyl (C=O) groups excluding carboxylic acids is 1. The lowest BCUT2D eigenvalue weighted by molar-refractivity contribution is -0.132. The zero-order valence-corrected chi connectivity index (χ0v) is 13.6. The lowest BCUT2D eigenvalue weighted by Crippen LogP contribution is -2.38. The van der Waals surface area contributed by atoms with Gasteiger partial charge in [-0.15, -0.1) is 0 Å². The van der Waals surface area contributed by atoms with Crippen LogP contribution >= 0.6 is 0 Å². The van der Waals surface area contributed by atoms with Crippen LogP contribution < -0.4 is 4.74 Å². The summed E-state index contributed by atoms with van der Waals surface area (Å²) in [6, 6.07) is 17.4. The minimum Gasteiger partial charge on any atom is -0.497 e. The normalized spacial score (nSPS) is 21.5. The average Bonchev–Trinajstić information content (AvgIpc) is 2.91. The zero-order valence-electron chi connectivity index (χ0n) is 13.6. The number of carbonyl (C=O) groups is 1. The lowest BCUT2D eigenvalue weighted by Gasteiger charge is -2.27. The Labute approximate surface area is 136 Å². The number of hydrogen-bond acceptors (Lipinski definition) is 3. The Morgan fingerprint density at radius 3 is 2.35 bits per heavy atom. The van der Waals surface area contributed by atoms with Crippen molar-refractivity contribution >= 4 is 12.2 Å². The van der Waals surface area contributed by atoms with E-state index < -0.39 is 5.54 Å². The van der Waals surface area contributed by atoms with Crippen LogP contribution in [0.15, 0.2) is 59.6 Å². The summed E-state index contributed by atoms with van der Waals surface area (Å²) >= 11 is 0. The predicted octanol–water partition coefficient (Wildman–Crippen LogP) is 3.54. The molecule has 0 N–H and O–H groups in total. The number of amides is 1. The number of benzene rings is 2. The average molecular weight is 308 g/mol. The van der Waals surface area contributed by atoms with Gasteiger partial charge in [0.25, 0.3) is 5.91 Å². The molecule has 1 aliphatic rings. The van der Waals surface area contributed by atoms with Crippen molar-refractivity contribution in [2.45, 2.75) is 25.4 Å². The number of aliphatic imine (C=N–C) groups is 1. The Morgan fingerprint density at radius 2 is 1.74 bits per heavy atom. The second-order valence-electron chi connectivity index (χ2n) is 5.84. The molecule has 3 rings (SSSR count). The molecule has 4 heteroatoms. The van der Waals surface area contributed by atoms with E-state index in [1.807, 2.05) is 68.4 Å². The lowest BCUT2D eigenvalue weighted by atomic mass is 9.91. The van der Waals surface area contributed by atoms with Gasteiger partial charge in [0, 0.05) is 0 Å². The highest BCUT2D eigenvalue weighted by atomic mass is 16.5. The van der Waals surface area contributed by atoms with Crippen LogP contribution in [0.25, 0.3) is 0 Å². The molecule has 0 fully saturated rings. The van der Waals surface area contributed by atoms with Crippen LogP contribution in [-0.2, 0) is 10.3 Å². The summed E-state index contributed by atoms with van der Waals surface area (Å²) in [4.78, 5) is 19.2. The van der Waals surface area contributed by atoms with Crippen LogP contribution in [0.5, 0.6) is 5.75 Å². The van der Waals surface area contributed by atoms with Crippen molar-refractivity contribution in [3.8, 4) is 5.75 Å². The summed E-state index contributed by atoms with van der Waals surface area (Å²) in [6.45, 7) is 3.87. The van der Waals surface area contributed by atoms with Gasteiger partial charge in [0.1, 0.15) is 5.75 Å². The smallest absolute Gasteiger partial charge is 0.260 e. The minimum atomic E-state index is -0.880. The van der Waals surface area contributed by atoms with Gasteiger partial charge in [-0.1, -0.05) is 42.5 Å². The zero-order chi connectivity index (χ0) is 16.4. The van der Waals surface area contributed by atoms with E-state index in [0.29, 0.717) is 0 Å². The summed E-state index contributed by atoms with van der Waals surface area (Å²) in [5.74, 6) is 0.750. The third-order valence-corrected chi connectivity index (χ3v) is 4.44. The molecule has 0 radical (unpaired) electrons. The largest absolute Gasteiger partial charge is 0.497 e. The molecule has 0 bridgehead atoms. The second-order valence-corrected chi connectivity index (χ2v) is 5.84. The fraction of sp³-hybridized carbons (Fsp3) is 0.263. The van der Waals surface area contributed by atoms with Gasteiger partial charge in [0.2, 0.25) is 0 Å². The van der Waals surface area contributed by atoms with E-state index in [1.165, 1.54) is 0 Å². The number of ether oxygens (including phenoxy) is 1. The Balaban J connectivity index is 1.87. The molecule has 1 aliphatic heterocycles. The van der Waals surface area contributed by atoms with Crippen LogP contribution in [0, 0.1) is 0 Å². The molecule has 2 unspecified atom stereocenters. The first-order valence-electron chi connectivity index (χ1n) is 7.64. The summed E-state index contributed by atoms with van der Waals surface area (Å²) in [5, 5.41) is 0. The monoisotopic (exact) mass is 308 g/mol. The van der Waals surface area contributed by atoms with Crippen molar-refractivity contribution < 1.29 is 9.53 Å². The maximum Gasteiger partial charge on any atom is 0.260 e. The highest BCUT2D eigenvalue weighted by Gasteiger charge is 2.43. The van der Waals surface area contributed by atoms with Crippen molar-refractivity contribution in [2.75, 3.05) is 7.11 Å². The Hall–Kier alpha value is -2.62. The molecule has 0 saturated carbocycles. The van der Waals surface area contributed by atoms with Crippen molar-refractivity contribution in [3.63, 3.8) is 0 Å². The van der Waals surface area contributed by atoms with Crippen molar-refractivity contribution in [2.24, 2.45) is 4.99 Å². The van der Waals surface area contributed by atoms with E-state index in [9.17, 15) is 4.79 Å². The molecule has 23 heavy (non-hydrogen) atoms. The van der Waals surface area contributed by atoms with E-state index >= 15 is 0 Å². The highest BCUT2D eigenvalue weighted by molar-refractivity contribution is 6.00. The molecular formula is C19H20N2O2. The molecule has 2 aromatic rings. The van der Waals surface area contributed by atoms with Crippen molar-refractivity contribution in [1.82, 2.24) is 4.90 Å². The van der Waals surface area contributed by atoms with Crippen molar-refractivity contribution in [3.05, 3.63) is 65.7 Å². The van der Waals surface area contributed by atoms with Gasteiger partial charge in [-0.25, -0.2) is 0 Å². The molecule has 1 amide bonds. The van der Waals surface area contributed by atoms with Gasteiger partial charge < -0.3 is 4.74 Å². The minimum absolute atomic E-state index is 0.0148. The first-order chi connectivity index (χ1) is 11.1. The number of nitrogens with zero attached hydrogens (tertiary/aromatic N) is 2. The number of hydrogen-bond donors (Lipinski definition) is 0. The molecule has 0 spiro atoms. The molecule has 2 aromatic carbocycles. The van der Waals surface area contributed by atoms with Crippen molar-refractivity contribution in [1.29, 1.82) is 0 Å². The molecular weight excluding hydrogens is 288 g/mol. The van der Waals surface area contributed by atoms with Crippen LogP contribution in [0.1, 0.15) is 31.0 Å². The molecule has 4 nitrogen and oxygen atoms in total. The van der Waals surface area contributed by atoms with Gasteiger partial charge in [0.05, 0.1) is 19.5 Å². The van der Waals surface area contributed by atoms with Crippen LogP contribution in [-0.4, -0.2) is 24.3 Å². The molecule has 0 saturated heterocycles. The number of rotatable bonds is 4. The molecule has 1 heterocycles. The standard InChI is InChI=1S/C19H20N2O2/c1-14(15-7-5-4-6-8-15)21-13-20-19(2,18(21)22)16-9-11-17(23-3)12-10-16/h4-14H,1-3H3. The predicted molar refractivity (Wildman–Crippen MR) is 90.5 cm³/mol. The summed E-state index contributed by atoms with van der Waals surface area (Å²) < 4.78 is 5.18. The second kappa shape index (κ2) is 5.88. The summed E-state index contributed by atoms with van der Waals surface area (Å²) in [5.41, 5.74) is 1.07. The first kappa shape index (κ1) is 15.3. The fourth-order valence-electron chi connectivity index (χ4n) is 2.82. The molecule has 2 atom stereocenters. The molecule has 118 valence electrons. The van der Waals surface area contributed by atoms with E-state index in [2.05, 4.69) is 4.99 Å². The highest BCUT2D eigenvalue weighted by Crippen LogP contribution is 2.35. The Kier molecular flexibility index (Phi) is 3.90. The fourth-order valence-corrected chi connectivity index (χ4v) is 2.82. The van der Waals surface area contributed by atoms with Crippen LogP contribution in [0.2, 0.25) is 0 Å². The Bertz CT molecular complexity index is 725. The number of methoxy groups -OCH3 is 1. The van der Waals surface area contributed by atoms with Gasteiger partial charge in [-0.2, -0.15) is 0 Å². The third kappa shape index (κ3) is 2.61. The van der Waals surface area contributed by atoms with Crippen LogP contribution in [0.3, 0.4) is 0 Å². The topological polar surface area (TPSA) is 41.9 Å². The quantitative estimate of drug-likeness (QED) is 0.867. The first-order valence-corrected chi connectivity index (χ1v) is 7.64. The van der Waals surface area contributed by atoms with E-state index in [0.717, 1.165) is 16.9 Å². The van der Waals surface area contributed by atoms with Gasteiger partial charge in [0.15, 0.2) is 5.54 Å². The van der Waals surface area contributed by atoms with Gasteiger partial charge >= 0.3 is 0 Å².